The van der Waals surface area contributed by atoms with Crippen LogP contribution in [0.25, 0.3) is 0 Å². The maximum Gasteiger partial charge on any atom is 0.306 e. The van der Waals surface area contributed by atoms with Gasteiger partial charge in [0.25, 0.3) is 0 Å². The Morgan fingerprint density at radius 2 is 0.945 bits per heavy atom. The van der Waals surface area contributed by atoms with Crippen LogP contribution in [0.15, 0.2) is 60.8 Å². The summed E-state index contributed by atoms with van der Waals surface area (Å²) in [6, 6.07) is -1.03. The van der Waals surface area contributed by atoms with E-state index in [1.807, 2.05) is 6.08 Å². The summed E-state index contributed by atoms with van der Waals surface area (Å²) in [6.45, 7) is 5.73. The predicted octanol–water partition coefficient (Wildman–Crippen LogP) is 13.8. The van der Waals surface area contributed by atoms with Crippen molar-refractivity contribution in [3.8, 4) is 0 Å². The molecule has 0 radical (unpaired) electrons. The Labute approximate surface area is 446 Å². The van der Waals surface area contributed by atoms with Gasteiger partial charge in [-0.15, -0.1) is 0 Å². The zero-order chi connectivity index (χ0) is 53.3. The molecule has 11 nitrogen and oxygen atoms in total. The second-order valence-corrected chi connectivity index (χ2v) is 20.7. The lowest BCUT2D eigenvalue weighted by molar-refractivity contribution is -0.305. The Bertz CT molecular complexity index is 1420. The summed E-state index contributed by atoms with van der Waals surface area (Å²) in [6.07, 6.45) is 51.2. The second-order valence-electron chi connectivity index (χ2n) is 20.7. The van der Waals surface area contributed by atoms with Gasteiger partial charge in [-0.3, -0.25) is 9.59 Å². The highest BCUT2D eigenvalue weighted by atomic mass is 16.7. The Kier molecular flexibility index (Phi) is 47.0. The number of nitrogens with one attached hydrogen (secondary N) is 1. The minimum Gasteiger partial charge on any atom is -0.454 e. The zero-order valence-electron chi connectivity index (χ0n) is 46.7. The van der Waals surface area contributed by atoms with E-state index < -0.39 is 67.4 Å². The van der Waals surface area contributed by atoms with E-state index >= 15 is 0 Å². The van der Waals surface area contributed by atoms with Crippen LogP contribution < -0.4 is 5.32 Å². The van der Waals surface area contributed by atoms with Crippen molar-refractivity contribution in [3.05, 3.63) is 60.8 Å². The molecule has 0 bridgehead atoms. The molecular formula is C62H111NO10. The van der Waals surface area contributed by atoms with Gasteiger partial charge in [0.2, 0.25) is 5.91 Å². The number of aliphatic hydroxyl groups is 5. The predicted molar refractivity (Wildman–Crippen MR) is 301 cm³/mol. The number of rotatable bonds is 50. The lowest BCUT2D eigenvalue weighted by atomic mass is 9.99. The molecule has 8 unspecified atom stereocenters. The summed E-state index contributed by atoms with van der Waals surface area (Å²) in [5.74, 6) is -1.21. The number of hydrogen-bond acceptors (Lipinski definition) is 10. The average molecular weight is 1030 g/mol. The largest absolute Gasteiger partial charge is 0.454 e. The first-order chi connectivity index (χ1) is 35.7. The summed E-state index contributed by atoms with van der Waals surface area (Å²) >= 11 is 0. The number of amides is 1. The van der Waals surface area contributed by atoms with Crippen molar-refractivity contribution in [2.45, 2.75) is 307 Å². The third-order valence-electron chi connectivity index (χ3n) is 13.9. The SMILES string of the molecule is CCCCC/C=C\C/C=C\C/C=C\C/C=C\CCCCCCC(O)C(=O)NC(COC1OC(CO)C(O)C(O)C1OC(=O)CCCCCCCCCCCCC)C(O)/C=C/CCCCCCCCCCCCC. The van der Waals surface area contributed by atoms with Crippen LogP contribution >= 0.6 is 0 Å². The quantitative estimate of drug-likeness (QED) is 0.0195. The van der Waals surface area contributed by atoms with Crippen LogP contribution in [0.4, 0.5) is 0 Å². The van der Waals surface area contributed by atoms with E-state index in [2.05, 4.69) is 74.7 Å². The lowest BCUT2D eigenvalue weighted by Crippen LogP contribution is -2.61. The molecule has 424 valence electrons. The molecule has 6 N–H and O–H groups in total. The molecule has 11 heteroatoms. The normalized spacial score (nSPS) is 19.8. The van der Waals surface area contributed by atoms with E-state index in [1.165, 1.54) is 128 Å². The van der Waals surface area contributed by atoms with Crippen LogP contribution in [0, 0.1) is 0 Å². The van der Waals surface area contributed by atoms with E-state index in [-0.39, 0.29) is 19.4 Å². The monoisotopic (exact) mass is 1030 g/mol. The van der Waals surface area contributed by atoms with Crippen molar-refractivity contribution >= 4 is 11.9 Å². The fraction of sp³-hybridized carbons (Fsp3) is 0.806. The van der Waals surface area contributed by atoms with Crippen LogP contribution in [0.1, 0.15) is 258 Å². The van der Waals surface area contributed by atoms with Crippen LogP contribution in [-0.4, -0.2) is 99.6 Å². The Hall–Kier alpha value is -2.64. The zero-order valence-corrected chi connectivity index (χ0v) is 46.7. The summed E-state index contributed by atoms with van der Waals surface area (Å²) in [4.78, 5) is 26.5. The Morgan fingerprint density at radius 3 is 1.44 bits per heavy atom. The molecule has 0 aromatic heterocycles. The molecule has 8 atom stereocenters. The number of unbranched alkanes of at least 4 members (excludes halogenated alkanes) is 28. The van der Waals surface area contributed by atoms with Gasteiger partial charge in [-0.1, -0.05) is 242 Å². The smallest absolute Gasteiger partial charge is 0.306 e. The highest BCUT2D eigenvalue weighted by Crippen LogP contribution is 2.26. The van der Waals surface area contributed by atoms with Crippen LogP contribution in [0.5, 0.6) is 0 Å². The van der Waals surface area contributed by atoms with E-state index in [1.54, 1.807) is 6.08 Å². The minimum atomic E-state index is -1.61. The van der Waals surface area contributed by atoms with Crippen LogP contribution in [0.3, 0.4) is 0 Å². The van der Waals surface area contributed by atoms with Crippen LogP contribution in [0.2, 0.25) is 0 Å². The van der Waals surface area contributed by atoms with Gasteiger partial charge in [-0.25, -0.2) is 0 Å². The molecule has 73 heavy (non-hydrogen) atoms. The molecule has 0 saturated carbocycles. The van der Waals surface area contributed by atoms with E-state index in [0.29, 0.717) is 12.8 Å². The van der Waals surface area contributed by atoms with Gasteiger partial charge < -0.3 is 45.1 Å². The standard InChI is InChI=1S/C62H111NO10/c1-4-7-10-13-16-19-22-24-25-26-27-28-29-30-32-35-37-40-43-46-49-55(66)61(70)63-53(54(65)48-45-42-39-36-34-31-23-20-17-14-11-8-5-2)52-71-62-60(59(69)58(68)56(51-64)72-62)73-57(67)50-47-44-41-38-33-21-18-15-12-9-6-3/h16,19,24-25,27-28,30,32,45,48,53-56,58-60,62,64-66,68-69H,4-15,17-18,20-23,26,29,31,33-44,46-47,49-52H2,1-3H3,(H,63,70)/b19-16-,25-24-,28-27-,32-30-,48-45+. The van der Waals surface area contributed by atoms with E-state index in [0.717, 1.165) is 83.5 Å². The Morgan fingerprint density at radius 1 is 0.534 bits per heavy atom. The number of ether oxygens (including phenoxy) is 3. The maximum absolute atomic E-state index is 13.4. The number of aliphatic hydroxyl groups excluding tert-OH is 5. The van der Waals surface area contributed by atoms with Crippen molar-refractivity contribution in [1.82, 2.24) is 5.32 Å². The fourth-order valence-corrected chi connectivity index (χ4v) is 9.10. The highest BCUT2D eigenvalue weighted by Gasteiger charge is 2.47. The Balaban J connectivity index is 2.72. The van der Waals surface area contributed by atoms with Gasteiger partial charge in [0, 0.05) is 6.42 Å². The molecule has 1 amide bonds. The molecule has 1 aliphatic rings. The summed E-state index contributed by atoms with van der Waals surface area (Å²) in [7, 11) is 0. The second kappa shape index (κ2) is 50.2. The first-order valence-electron chi connectivity index (χ1n) is 30.1. The molecule has 0 aromatic carbocycles. The molecule has 1 fully saturated rings. The number of carbonyl (C=O) groups is 2. The summed E-state index contributed by atoms with van der Waals surface area (Å²) in [5, 5.41) is 56.8. The van der Waals surface area contributed by atoms with Gasteiger partial charge in [-0.05, 0) is 70.6 Å². The van der Waals surface area contributed by atoms with Crippen molar-refractivity contribution in [2.75, 3.05) is 13.2 Å². The van der Waals surface area contributed by atoms with Gasteiger partial charge in [0.15, 0.2) is 12.4 Å². The topological polar surface area (TPSA) is 175 Å². The lowest BCUT2D eigenvalue weighted by Gasteiger charge is -2.41. The van der Waals surface area contributed by atoms with E-state index in [9.17, 15) is 35.1 Å². The molecule has 0 aromatic rings. The first-order valence-corrected chi connectivity index (χ1v) is 30.1. The van der Waals surface area contributed by atoms with Gasteiger partial charge in [0.1, 0.15) is 24.4 Å². The third kappa shape index (κ3) is 38.5. The van der Waals surface area contributed by atoms with Gasteiger partial charge >= 0.3 is 5.97 Å². The van der Waals surface area contributed by atoms with Gasteiger partial charge in [-0.2, -0.15) is 0 Å². The minimum absolute atomic E-state index is 0.122. The van der Waals surface area contributed by atoms with Crippen molar-refractivity contribution < 1.29 is 49.3 Å². The number of esters is 1. The highest BCUT2D eigenvalue weighted by molar-refractivity contribution is 5.80. The van der Waals surface area contributed by atoms with Crippen molar-refractivity contribution in [1.29, 1.82) is 0 Å². The molecular weight excluding hydrogens is 919 g/mol. The summed E-state index contributed by atoms with van der Waals surface area (Å²) in [5.41, 5.74) is 0. The van der Waals surface area contributed by atoms with Crippen LogP contribution in [-0.2, 0) is 23.8 Å². The number of allylic oxidation sites excluding steroid dienone is 9. The average Bonchev–Trinajstić information content (AvgIpc) is 3.39. The molecule has 0 aliphatic carbocycles. The van der Waals surface area contributed by atoms with E-state index in [4.69, 9.17) is 14.2 Å². The van der Waals surface area contributed by atoms with Crippen molar-refractivity contribution in [3.63, 3.8) is 0 Å². The van der Waals surface area contributed by atoms with Crippen molar-refractivity contribution in [2.24, 2.45) is 0 Å². The van der Waals surface area contributed by atoms with Gasteiger partial charge in [0.05, 0.1) is 25.4 Å². The molecule has 1 heterocycles. The first kappa shape index (κ1) is 68.4. The fourth-order valence-electron chi connectivity index (χ4n) is 9.10. The third-order valence-corrected chi connectivity index (χ3v) is 13.9. The number of carbonyl (C=O) groups excluding carboxylic acids is 2. The maximum atomic E-state index is 13.4. The molecule has 1 saturated heterocycles. The molecule has 1 rings (SSSR count). The molecule has 1 aliphatic heterocycles. The number of hydrogen-bond donors (Lipinski definition) is 6. The summed E-state index contributed by atoms with van der Waals surface area (Å²) < 4.78 is 17.6. The molecule has 0 spiro atoms.